The molecule has 2 fully saturated rings. The van der Waals surface area contributed by atoms with Gasteiger partial charge in [-0.05, 0) is 69.4 Å². The van der Waals surface area contributed by atoms with Crippen molar-refractivity contribution in [3.05, 3.63) is 0 Å². The van der Waals surface area contributed by atoms with E-state index in [-0.39, 0.29) is 0 Å². The SMILES string of the molecule is CN(C)CC(C)(C)C1CCC2(CCCC2)CC1. The van der Waals surface area contributed by atoms with Gasteiger partial charge in [-0.15, -0.1) is 0 Å². The van der Waals surface area contributed by atoms with E-state index in [2.05, 4.69) is 32.8 Å². The van der Waals surface area contributed by atoms with E-state index < -0.39 is 0 Å². The summed E-state index contributed by atoms with van der Waals surface area (Å²) in [5.74, 6) is 0.955. The second kappa shape index (κ2) is 4.91. The van der Waals surface area contributed by atoms with Crippen LogP contribution in [0.15, 0.2) is 0 Å². The molecule has 0 aromatic carbocycles. The Morgan fingerprint density at radius 1 is 1.00 bits per heavy atom. The maximum atomic E-state index is 2.48. The molecule has 1 nitrogen and oxygen atoms in total. The van der Waals surface area contributed by atoms with Crippen molar-refractivity contribution < 1.29 is 0 Å². The molecule has 0 saturated heterocycles. The molecule has 0 aromatic heterocycles. The first kappa shape index (κ1) is 13.4. The molecule has 2 aliphatic rings. The number of hydrogen-bond acceptors (Lipinski definition) is 1. The Hall–Kier alpha value is -0.0400. The highest BCUT2D eigenvalue weighted by molar-refractivity contribution is 4.93. The molecular weight excluding hydrogens is 206 g/mol. The van der Waals surface area contributed by atoms with Crippen LogP contribution in [0.1, 0.15) is 65.2 Å². The van der Waals surface area contributed by atoms with Crippen molar-refractivity contribution in [1.82, 2.24) is 4.90 Å². The smallest absolute Gasteiger partial charge is 0.00292 e. The Morgan fingerprint density at radius 2 is 1.53 bits per heavy atom. The van der Waals surface area contributed by atoms with Crippen molar-refractivity contribution in [2.75, 3.05) is 20.6 Å². The number of hydrogen-bond donors (Lipinski definition) is 0. The highest BCUT2D eigenvalue weighted by Crippen LogP contribution is 2.53. The van der Waals surface area contributed by atoms with Crippen molar-refractivity contribution in [3.8, 4) is 0 Å². The zero-order valence-corrected chi connectivity index (χ0v) is 12.4. The van der Waals surface area contributed by atoms with Gasteiger partial charge in [0, 0.05) is 6.54 Å². The lowest BCUT2D eigenvalue weighted by Gasteiger charge is -2.44. The van der Waals surface area contributed by atoms with E-state index in [0.29, 0.717) is 5.41 Å². The molecule has 100 valence electrons. The summed E-state index contributed by atoms with van der Waals surface area (Å²) >= 11 is 0. The van der Waals surface area contributed by atoms with E-state index in [1.165, 1.54) is 57.9 Å². The molecule has 0 radical (unpaired) electrons. The van der Waals surface area contributed by atoms with Crippen LogP contribution in [0.3, 0.4) is 0 Å². The molecule has 0 N–H and O–H groups in total. The zero-order chi connectivity index (χ0) is 12.5. The lowest BCUT2D eigenvalue weighted by molar-refractivity contribution is 0.0636. The molecule has 2 saturated carbocycles. The Kier molecular flexibility index (Phi) is 3.87. The zero-order valence-electron chi connectivity index (χ0n) is 12.4. The molecule has 0 atom stereocenters. The molecule has 2 rings (SSSR count). The summed E-state index contributed by atoms with van der Waals surface area (Å²) in [6, 6.07) is 0. The van der Waals surface area contributed by atoms with Gasteiger partial charge in [0.15, 0.2) is 0 Å². The maximum Gasteiger partial charge on any atom is 0.00292 e. The molecule has 0 aliphatic heterocycles. The fourth-order valence-electron chi connectivity index (χ4n) is 4.58. The van der Waals surface area contributed by atoms with Gasteiger partial charge >= 0.3 is 0 Å². The van der Waals surface area contributed by atoms with Gasteiger partial charge in [0.2, 0.25) is 0 Å². The van der Waals surface area contributed by atoms with Gasteiger partial charge in [0.25, 0.3) is 0 Å². The first-order valence-corrected chi connectivity index (χ1v) is 7.58. The Balaban J connectivity index is 1.89. The van der Waals surface area contributed by atoms with Crippen LogP contribution < -0.4 is 0 Å². The molecule has 0 aromatic rings. The first-order chi connectivity index (χ1) is 7.94. The third kappa shape index (κ3) is 3.05. The van der Waals surface area contributed by atoms with Crippen LogP contribution in [0.5, 0.6) is 0 Å². The average Bonchev–Trinajstić information content (AvgIpc) is 2.65. The van der Waals surface area contributed by atoms with Gasteiger partial charge < -0.3 is 4.90 Å². The summed E-state index contributed by atoms with van der Waals surface area (Å²) in [4.78, 5) is 2.36. The van der Waals surface area contributed by atoms with E-state index in [1.807, 2.05) is 0 Å². The van der Waals surface area contributed by atoms with Crippen LogP contribution in [0, 0.1) is 16.7 Å². The topological polar surface area (TPSA) is 3.24 Å². The highest BCUT2D eigenvalue weighted by Gasteiger charge is 2.41. The molecule has 17 heavy (non-hydrogen) atoms. The predicted molar refractivity (Wildman–Crippen MR) is 75.2 cm³/mol. The Morgan fingerprint density at radius 3 is 2.00 bits per heavy atom. The highest BCUT2D eigenvalue weighted by atomic mass is 15.1. The minimum absolute atomic E-state index is 0.504. The van der Waals surface area contributed by atoms with Gasteiger partial charge in [-0.25, -0.2) is 0 Å². The Bertz CT molecular complexity index is 238. The summed E-state index contributed by atoms with van der Waals surface area (Å²) in [5, 5.41) is 0. The predicted octanol–water partition coefficient (Wildman–Crippen LogP) is 4.32. The fourth-order valence-corrected chi connectivity index (χ4v) is 4.58. The van der Waals surface area contributed by atoms with E-state index in [0.717, 1.165) is 11.3 Å². The minimum Gasteiger partial charge on any atom is -0.309 e. The molecular formula is C16H31N. The van der Waals surface area contributed by atoms with Crippen molar-refractivity contribution >= 4 is 0 Å². The van der Waals surface area contributed by atoms with Crippen LogP contribution in [0.4, 0.5) is 0 Å². The van der Waals surface area contributed by atoms with Gasteiger partial charge in [-0.1, -0.05) is 26.7 Å². The van der Waals surface area contributed by atoms with Gasteiger partial charge in [0.05, 0.1) is 0 Å². The second-order valence-corrected chi connectivity index (χ2v) is 7.71. The monoisotopic (exact) mass is 237 g/mol. The molecule has 2 aliphatic carbocycles. The third-order valence-electron chi connectivity index (χ3n) is 5.54. The average molecular weight is 237 g/mol. The second-order valence-electron chi connectivity index (χ2n) is 7.71. The number of rotatable bonds is 3. The Labute approximate surface area is 108 Å². The molecule has 1 heteroatoms. The molecule has 0 bridgehead atoms. The first-order valence-electron chi connectivity index (χ1n) is 7.58. The van der Waals surface area contributed by atoms with Crippen LogP contribution in [-0.2, 0) is 0 Å². The number of nitrogens with zero attached hydrogens (tertiary/aromatic N) is 1. The van der Waals surface area contributed by atoms with E-state index >= 15 is 0 Å². The standard InChI is InChI=1S/C16H31N/c1-15(2,13-17(3)4)14-7-11-16(12-8-14)9-5-6-10-16/h14H,5-13H2,1-4H3. The van der Waals surface area contributed by atoms with Crippen LogP contribution in [-0.4, -0.2) is 25.5 Å². The summed E-state index contributed by atoms with van der Waals surface area (Å²) in [5.41, 5.74) is 1.30. The quantitative estimate of drug-likeness (QED) is 0.706. The lowest BCUT2D eigenvalue weighted by Crippen LogP contribution is -2.38. The van der Waals surface area contributed by atoms with Crippen molar-refractivity contribution in [2.24, 2.45) is 16.7 Å². The third-order valence-corrected chi connectivity index (χ3v) is 5.54. The van der Waals surface area contributed by atoms with Crippen LogP contribution in [0.25, 0.3) is 0 Å². The van der Waals surface area contributed by atoms with Gasteiger partial charge in [-0.3, -0.25) is 0 Å². The van der Waals surface area contributed by atoms with E-state index in [4.69, 9.17) is 0 Å². The van der Waals surface area contributed by atoms with Crippen molar-refractivity contribution in [3.63, 3.8) is 0 Å². The lowest BCUT2D eigenvalue weighted by atomic mass is 9.63. The van der Waals surface area contributed by atoms with E-state index in [9.17, 15) is 0 Å². The minimum atomic E-state index is 0.504. The van der Waals surface area contributed by atoms with Crippen molar-refractivity contribution in [2.45, 2.75) is 65.2 Å². The van der Waals surface area contributed by atoms with Crippen molar-refractivity contribution in [1.29, 1.82) is 0 Å². The summed E-state index contributed by atoms with van der Waals surface area (Å²) in [7, 11) is 4.42. The van der Waals surface area contributed by atoms with Gasteiger partial charge in [0.1, 0.15) is 0 Å². The van der Waals surface area contributed by atoms with Crippen LogP contribution >= 0.6 is 0 Å². The van der Waals surface area contributed by atoms with E-state index in [1.54, 1.807) is 0 Å². The molecule has 0 amide bonds. The van der Waals surface area contributed by atoms with Gasteiger partial charge in [-0.2, -0.15) is 0 Å². The summed E-state index contributed by atoms with van der Waals surface area (Å²) < 4.78 is 0. The maximum absolute atomic E-state index is 2.48. The largest absolute Gasteiger partial charge is 0.309 e. The molecule has 1 spiro atoms. The molecule has 0 heterocycles. The summed E-state index contributed by atoms with van der Waals surface area (Å²) in [6.45, 7) is 6.19. The fraction of sp³-hybridized carbons (Fsp3) is 1.00. The summed E-state index contributed by atoms with van der Waals surface area (Å²) in [6.07, 6.45) is 12.1. The molecule has 0 unspecified atom stereocenters. The normalized spacial score (nSPS) is 25.9. The van der Waals surface area contributed by atoms with Crippen LogP contribution in [0.2, 0.25) is 0 Å².